The van der Waals surface area contributed by atoms with Crippen molar-refractivity contribution in [2.24, 2.45) is 0 Å². The van der Waals surface area contributed by atoms with E-state index in [0.717, 1.165) is 18.4 Å². The van der Waals surface area contributed by atoms with E-state index in [-0.39, 0.29) is 35.1 Å². The van der Waals surface area contributed by atoms with Crippen molar-refractivity contribution in [2.75, 3.05) is 0 Å². The SMILES string of the molecule is CCc1cc(F)c(-c2[nH]nc(C)c2C(=O)O)c(CN(C(=O)OC(C)(C)C)C2CC2)c1. The van der Waals surface area contributed by atoms with Crippen molar-refractivity contribution >= 4 is 12.1 Å². The average molecular weight is 417 g/mol. The first-order valence-corrected chi connectivity index (χ1v) is 10.1. The van der Waals surface area contributed by atoms with Gasteiger partial charge in [-0.05, 0) is 64.2 Å². The van der Waals surface area contributed by atoms with Gasteiger partial charge in [-0.3, -0.25) is 5.10 Å². The molecule has 1 aliphatic carbocycles. The highest BCUT2D eigenvalue weighted by atomic mass is 19.1. The summed E-state index contributed by atoms with van der Waals surface area (Å²) in [5, 5.41) is 16.3. The molecule has 1 amide bonds. The van der Waals surface area contributed by atoms with Gasteiger partial charge in [0.15, 0.2) is 0 Å². The first-order chi connectivity index (χ1) is 14.0. The van der Waals surface area contributed by atoms with Gasteiger partial charge in [0.05, 0.1) is 17.9 Å². The zero-order valence-corrected chi connectivity index (χ0v) is 18.0. The van der Waals surface area contributed by atoms with Crippen LogP contribution < -0.4 is 0 Å². The van der Waals surface area contributed by atoms with Crippen LogP contribution in [0.2, 0.25) is 0 Å². The van der Waals surface area contributed by atoms with Crippen molar-refractivity contribution in [1.82, 2.24) is 15.1 Å². The molecular weight excluding hydrogens is 389 g/mol. The number of rotatable bonds is 6. The van der Waals surface area contributed by atoms with Crippen LogP contribution in [0.25, 0.3) is 11.3 Å². The summed E-state index contributed by atoms with van der Waals surface area (Å²) < 4.78 is 20.8. The Morgan fingerprint density at radius 1 is 1.33 bits per heavy atom. The van der Waals surface area contributed by atoms with Crippen LogP contribution in [0.3, 0.4) is 0 Å². The maximum Gasteiger partial charge on any atom is 0.410 e. The van der Waals surface area contributed by atoms with Gasteiger partial charge in [-0.25, -0.2) is 14.0 Å². The van der Waals surface area contributed by atoms with Crippen LogP contribution in [0, 0.1) is 12.7 Å². The normalized spacial score (nSPS) is 13.9. The topological polar surface area (TPSA) is 95.5 Å². The lowest BCUT2D eigenvalue weighted by molar-refractivity contribution is 0.0216. The van der Waals surface area contributed by atoms with Crippen LogP contribution >= 0.6 is 0 Å². The molecule has 0 aliphatic heterocycles. The number of carbonyl (C=O) groups is 2. The van der Waals surface area contributed by atoms with Crippen molar-refractivity contribution in [3.63, 3.8) is 0 Å². The highest BCUT2D eigenvalue weighted by Crippen LogP contribution is 2.35. The van der Waals surface area contributed by atoms with E-state index >= 15 is 4.39 Å². The molecule has 3 rings (SSSR count). The minimum absolute atomic E-state index is 0.0310. The number of halogens is 1. The zero-order valence-electron chi connectivity index (χ0n) is 18.0. The van der Waals surface area contributed by atoms with E-state index in [2.05, 4.69) is 10.2 Å². The number of ether oxygens (including phenoxy) is 1. The second kappa shape index (κ2) is 8.08. The van der Waals surface area contributed by atoms with Gasteiger partial charge in [-0.15, -0.1) is 0 Å². The van der Waals surface area contributed by atoms with E-state index in [1.54, 1.807) is 32.6 Å². The van der Waals surface area contributed by atoms with Crippen LogP contribution in [-0.4, -0.2) is 43.9 Å². The van der Waals surface area contributed by atoms with Gasteiger partial charge in [0, 0.05) is 11.6 Å². The molecule has 30 heavy (non-hydrogen) atoms. The van der Waals surface area contributed by atoms with E-state index < -0.39 is 23.5 Å². The summed E-state index contributed by atoms with van der Waals surface area (Å²) in [4.78, 5) is 26.2. The van der Waals surface area contributed by atoms with Crippen molar-refractivity contribution in [1.29, 1.82) is 0 Å². The van der Waals surface area contributed by atoms with Crippen LogP contribution in [0.5, 0.6) is 0 Å². The van der Waals surface area contributed by atoms with Crippen molar-refractivity contribution < 1.29 is 23.8 Å². The Morgan fingerprint density at radius 2 is 2.00 bits per heavy atom. The fourth-order valence-electron chi connectivity index (χ4n) is 3.44. The molecule has 1 heterocycles. The summed E-state index contributed by atoms with van der Waals surface area (Å²) >= 11 is 0. The van der Waals surface area contributed by atoms with Crippen molar-refractivity contribution in [3.8, 4) is 11.3 Å². The smallest absolute Gasteiger partial charge is 0.410 e. The molecule has 0 spiro atoms. The lowest BCUT2D eigenvalue weighted by atomic mass is 9.96. The summed E-state index contributed by atoms with van der Waals surface area (Å²) in [6.45, 7) is 8.98. The largest absolute Gasteiger partial charge is 0.478 e. The maximum absolute atomic E-state index is 15.2. The van der Waals surface area contributed by atoms with Gasteiger partial charge < -0.3 is 14.7 Å². The molecule has 8 heteroatoms. The fourth-order valence-corrected chi connectivity index (χ4v) is 3.44. The van der Waals surface area contributed by atoms with Gasteiger partial charge in [-0.2, -0.15) is 5.10 Å². The predicted molar refractivity (Wildman–Crippen MR) is 110 cm³/mol. The Morgan fingerprint density at radius 3 is 2.53 bits per heavy atom. The number of nitrogens with zero attached hydrogens (tertiary/aromatic N) is 2. The molecule has 0 saturated heterocycles. The molecule has 1 aliphatic rings. The minimum Gasteiger partial charge on any atom is -0.478 e. The number of aromatic amines is 1. The monoisotopic (exact) mass is 417 g/mol. The van der Waals surface area contributed by atoms with E-state index in [1.165, 1.54) is 6.07 Å². The lowest BCUT2D eigenvalue weighted by Crippen LogP contribution is -2.38. The summed E-state index contributed by atoms with van der Waals surface area (Å²) in [6.07, 6.45) is 1.85. The van der Waals surface area contributed by atoms with Gasteiger partial charge in [0.2, 0.25) is 0 Å². The van der Waals surface area contributed by atoms with Crippen LogP contribution in [-0.2, 0) is 17.7 Å². The zero-order chi connectivity index (χ0) is 22.2. The second-order valence-corrected chi connectivity index (χ2v) is 8.67. The average Bonchev–Trinajstić information content (AvgIpc) is 3.39. The van der Waals surface area contributed by atoms with Crippen LogP contribution in [0.15, 0.2) is 12.1 Å². The Balaban J connectivity index is 2.08. The molecule has 2 aromatic rings. The third kappa shape index (κ3) is 4.63. The van der Waals surface area contributed by atoms with Crippen molar-refractivity contribution in [2.45, 2.75) is 72.1 Å². The summed E-state index contributed by atoms with van der Waals surface area (Å²) in [5.74, 6) is -1.73. The molecule has 1 fully saturated rings. The van der Waals surface area contributed by atoms with Crippen molar-refractivity contribution in [3.05, 3.63) is 40.3 Å². The second-order valence-electron chi connectivity index (χ2n) is 8.67. The molecule has 0 atom stereocenters. The molecule has 7 nitrogen and oxygen atoms in total. The number of aromatic carboxylic acids is 1. The number of carboxylic acids is 1. The highest BCUT2D eigenvalue weighted by molar-refractivity contribution is 5.96. The number of aryl methyl sites for hydroxylation is 2. The number of carboxylic acid groups (broad SMARTS) is 1. The Bertz CT molecular complexity index is 973. The number of H-pyrrole nitrogens is 1. The number of aromatic nitrogens is 2. The Hall–Kier alpha value is -2.90. The maximum atomic E-state index is 15.2. The number of nitrogens with one attached hydrogen (secondary N) is 1. The Kier molecular flexibility index (Phi) is 5.87. The minimum atomic E-state index is -1.19. The van der Waals surface area contributed by atoms with Gasteiger partial charge in [0.25, 0.3) is 0 Å². The molecule has 162 valence electrons. The summed E-state index contributed by atoms with van der Waals surface area (Å²) in [5.41, 5.74) is 1.06. The molecule has 1 aromatic heterocycles. The molecule has 0 bridgehead atoms. The molecule has 0 unspecified atom stereocenters. The van der Waals surface area contributed by atoms with E-state index in [4.69, 9.17) is 4.74 Å². The first-order valence-electron chi connectivity index (χ1n) is 10.1. The molecular formula is C22H28FN3O4. The van der Waals surface area contributed by atoms with E-state index in [0.29, 0.717) is 12.0 Å². The van der Waals surface area contributed by atoms with Crippen LogP contribution in [0.1, 0.15) is 67.7 Å². The van der Waals surface area contributed by atoms with Crippen LogP contribution in [0.4, 0.5) is 9.18 Å². The third-order valence-electron chi connectivity index (χ3n) is 5.01. The Labute approximate surface area is 175 Å². The van der Waals surface area contributed by atoms with E-state index in [9.17, 15) is 14.7 Å². The quantitative estimate of drug-likeness (QED) is 0.711. The molecule has 1 saturated carbocycles. The van der Waals surface area contributed by atoms with E-state index in [1.807, 2.05) is 13.0 Å². The molecule has 0 radical (unpaired) electrons. The van der Waals surface area contributed by atoms with Gasteiger partial charge in [-0.1, -0.05) is 13.0 Å². The van der Waals surface area contributed by atoms with Gasteiger partial charge >= 0.3 is 12.1 Å². The summed E-state index contributed by atoms with van der Waals surface area (Å²) in [6, 6.07) is 3.25. The number of hydrogen-bond acceptors (Lipinski definition) is 4. The number of benzene rings is 1. The highest BCUT2D eigenvalue weighted by Gasteiger charge is 2.36. The number of hydrogen-bond donors (Lipinski definition) is 2. The fraction of sp³-hybridized carbons (Fsp3) is 0.500. The lowest BCUT2D eigenvalue weighted by Gasteiger charge is -2.28. The number of carbonyl (C=O) groups excluding carboxylic acids is 1. The molecule has 1 aromatic carbocycles. The predicted octanol–water partition coefficient (Wildman–Crippen LogP) is 4.68. The molecule has 2 N–H and O–H groups in total. The summed E-state index contributed by atoms with van der Waals surface area (Å²) in [7, 11) is 0. The third-order valence-corrected chi connectivity index (χ3v) is 5.01. The number of amides is 1. The first kappa shape index (κ1) is 21.8. The van der Waals surface area contributed by atoms with Gasteiger partial charge in [0.1, 0.15) is 17.0 Å². The standard InChI is InChI=1S/C22H28FN3O4/c1-6-13-9-14(11-26(15-7-8-15)21(29)30-22(3,4)5)18(16(23)10-13)19-17(20(27)28)12(2)24-25-19/h9-10,15H,6-8,11H2,1-5H3,(H,24,25)(H,27,28).